The van der Waals surface area contributed by atoms with Crippen LogP contribution in [0.5, 0.6) is 0 Å². The number of likely N-dealkylation sites (N-methyl/N-ethyl adjacent to an activating group) is 1. The molecular formula is C19H39IN4O2. The fraction of sp³-hybridized carbons (Fsp3) is 0.947. The number of rotatable bonds is 8. The number of piperidine rings is 1. The lowest BCUT2D eigenvalue weighted by molar-refractivity contribution is -0.0721. The number of guanidine groups is 1. The van der Waals surface area contributed by atoms with E-state index in [0.717, 1.165) is 77.7 Å². The van der Waals surface area contributed by atoms with Crippen molar-refractivity contribution in [1.29, 1.82) is 0 Å². The molecule has 0 aliphatic carbocycles. The Labute approximate surface area is 177 Å². The molecule has 0 spiro atoms. The zero-order valence-electron chi connectivity index (χ0n) is 16.9. The molecule has 0 amide bonds. The Bertz CT molecular complexity index is 384. The van der Waals surface area contributed by atoms with Gasteiger partial charge in [0.15, 0.2) is 5.96 Å². The maximum atomic E-state index is 6.12. The molecule has 6 nitrogen and oxygen atoms in total. The number of halogens is 1. The number of hydrogen-bond acceptors (Lipinski definition) is 4. The summed E-state index contributed by atoms with van der Waals surface area (Å²) in [6, 6.07) is 0. The maximum absolute atomic E-state index is 6.12. The van der Waals surface area contributed by atoms with Gasteiger partial charge in [0.2, 0.25) is 0 Å². The second-order valence-corrected chi connectivity index (χ2v) is 7.14. The predicted molar refractivity (Wildman–Crippen MR) is 119 cm³/mol. The first-order valence-electron chi connectivity index (χ1n) is 10.2. The highest BCUT2D eigenvalue weighted by molar-refractivity contribution is 14.0. The molecule has 2 saturated heterocycles. The molecule has 1 unspecified atom stereocenters. The summed E-state index contributed by atoms with van der Waals surface area (Å²) in [4.78, 5) is 9.47. The van der Waals surface area contributed by atoms with Crippen LogP contribution in [0.4, 0.5) is 0 Å². The molecule has 0 aromatic rings. The van der Waals surface area contributed by atoms with Crippen LogP contribution in [-0.2, 0) is 9.47 Å². The SMILES string of the molecule is CCNC(=NCCN(C)CC)N1CCC(OCC2CCCCO2)CC1.I. The Morgan fingerprint density at radius 3 is 2.62 bits per heavy atom. The van der Waals surface area contributed by atoms with Gasteiger partial charge in [-0.15, -0.1) is 24.0 Å². The lowest BCUT2D eigenvalue weighted by Crippen LogP contribution is -2.47. The van der Waals surface area contributed by atoms with E-state index in [1.54, 1.807) is 0 Å². The lowest BCUT2D eigenvalue weighted by atomic mass is 10.1. The summed E-state index contributed by atoms with van der Waals surface area (Å²) in [7, 11) is 2.14. The lowest BCUT2D eigenvalue weighted by Gasteiger charge is -2.35. The molecule has 2 heterocycles. The number of hydrogen-bond donors (Lipinski definition) is 1. The van der Waals surface area contributed by atoms with Gasteiger partial charge in [0, 0.05) is 32.8 Å². The van der Waals surface area contributed by atoms with E-state index in [1.807, 2.05) is 0 Å². The van der Waals surface area contributed by atoms with Gasteiger partial charge in [-0.2, -0.15) is 0 Å². The van der Waals surface area contributed by atoms with Crippen LogP contribution >= 0.6 is 24.0 Å². The van der Waals surface area contributed by atoms with E-state index in [2.05, 4.69) is 36.0 Å². The summed E-state index contributed by atoms with van der Waals surface area (Å²) in [5, 5.41) is 3.44. The quantitative estimate of drug-likeness (QED) is 0.328. The van der Waals surface area contributed by atoms with Gasteiger partial charge in [0.1, 0.15) is 0 Å². The normalized spacial score (nSPS) is 22.4. The summed E-state index contributed by atoms with van der Waals surface area (Å²) < 4.78 is 11.9. The molecule has 7 heteroatoms. The van der Waals surface area contributed by atoms with Crippen molar-refractivity contribution in [2.24, 2.45) is 4.99 Å². The monoisotopic (exact) mass is 482 g/mol. The highest BCUT2D eigenvalue weighted by Gasteiger charge is 2.23. The molecule has 1 atom stereocenters. The molecule has 0 radical (unpaired) electrons. The van der Waals surface area contributed by atoms with Crippen LogP contribution in [-0.4, -0.2) is 87.5 Å². The minimum atomic E-state index is 0. The standard InChI is InChI=1S/C19H38N4O2.HI/c1-4-20-19(21-11-14-22(3)5-2)23-12-9-17(10-13-23)25-16-18-8-6-7-15-24-18;/h17-18H,4-16H2,1-3H3,(H,20,21);1H. The smallest absolute Gasteiger partial charge is 0.193 e. The third-order valence-corrected chi connectivity index (χ3v) is 5.15. The Morgan fingerprint density at radius 1 is 1.23 bits per heavy atom. The molecule has 154 valence electrons. The molecule has 2 aliphatic rings. The van der Waals surface area contributed by atoms with Crippen molar-refractivity contribution in [3.63, 3.8) is 0 Å². The summed E-state index contributed by atoms with van der Waals surface area (Å²) in [5.41, 5.74) is 0. The molecule has 0 aromatic carbocycles. The Morgan fingerprint density at radius 2 is 2.00 bits per heavy atom. The highest BCUT2D eigenvalue weighted by atomic mass is 127. The number of likely N-dealkylation sites (tertiary alicyclic amines) is 1. The van der Waals surface area contributed by atoms with Gasteiger partial charge < -0.3 is 24.6 Å². The highest BCUT2D eigenvalue weighted by Crippen LogP contribution is 2.17. The van der Waals surface area contributed by atoms with Gasteiger partial charge in [-0.1, -0.05) is 6.92 Å². The van der Waals surface area contributed by atoms with Crippen molar-refractivity contribution >= 4 is 29.9 Å². The first kappa shape index (κ1) is 23.9. The molecular weight excluding hydrogens is 443 g/mol. The largest absolute Gasteiger partial charge is 0.376 e. The van der Waals surface area contributed by atoms with Crippen molar-refractivity contribution in [3.05, 3.63) is 0 Å². The summed E-state index contributed by atoms with van der Waals surface area (Å²) in [6.45, 7) is 11.9. The predicted octanol–water partition coefficient (Wildman–Crippen LogP) is 2.57. The van der Waals surface area contributed by atoms with Crippen molar-refractivity contribution in [3.8, 4) is 0 Å². The van der Waals surface area contributed by atoms with Crippen LogP contribution in [0.3, 0.4) is 0 Å². The minimum Gasteiger partial charge on any atom is -0.376 e. The van der Waals surface area contributed by atoms with Gasteiger partial charge in [0.25, 0.3) is 0 Å². The van der Waals surface area contributed by atoms with E-state index in [9.17, 15) is 0 Å². The second-order valence-electron chi connectivity index (χ2n) is 7.14. The molecule has 26 heavy (non-hydrogen) atoms. The Balaban J connectivity index is 0.00000338. The molecule has 2 aliphatic heterocycles. The van der Waals surface area contributed by atoms with E-state index in [-0.39, 0.29) is 24.0 Å². The van der Waals surface area contributed by atoms with Crippen LogP contribution in [0, 0.1) is 0 Å². The number of aliphatic imine (C=N–C) groups is 1. The topological polar surface area (TPSA) is 49.3 Å². The number of nitrogens with one attached hydrogen (secondary N) is 1. The van der Waals surface area contributed by atoms with Crippen LogP contribution in [0.15, 0.2) is 4.99 Å². The number of ether oxygens (including phenoxy) is 2. The fourth-order valence-electron chi connectivity index (χ4n) is 3.33. The van der Waals surface area contributed by atoms with Gasteiger partial charge in [0.05, 0.1) is 25.4 Å². The average Bonchev–Trinajstić information content (AvgIpc) is 2.67. The van der Waals surface area contributed by atoms with Gasteiger partial charge >= 0.3 is 0 Å². The van der Waals surface area contributed by atoms with Crippen molar-refractivity contribution < 1.29 is 9.47 Å². The second kappa shape index (κ2) is 14.0. The zero-order chi connectivity index (χ0) is 17.9. The van der Waals surface area contributed by atoms with E-state index < -0.39 is 0 Å². The van der Waals surface area contributed by atoms with Crippen LogP contribution < -0.4 is 5.32 Å². The first-order chi connectivity index (χ1) is 12.2. The van der Waals surface area contributed by atoms with Crippen molar-refractivity contribution in [2.75, 3.05) is 59.5 Å². The van der Waals surface area contributed by atoms with E-state index in [1.165, 1.54) is 12.8 Å². The van der Waals surface area contributed by atoms with E-state index in [4.69, 9.17) is 14.5 Å². The zero-order valence-corrected chi connectivity index (χ0v) is 19.2. The van der Waals surface area contributed by atoms with E-state index in [0.29, 0.717) is 12.2 Å². The van der Waals surface area contributed by atoms with Crippen molar-refractivity contribution in [2.45, 2.75) is 58.2 Å². The van der Waals surface area contributed by atoms with Gasteiger partial charge in [-0.3, -0.25) is 4.99 Å². The average molecular weight is 482 g/mol. The summed E-state index contributed by atoms with van der Waals surface area (Å²) in [6.07, 6.45) is 6.48. The molecule has 1 N–H and O–H groups in total. The summed E-state index contributed by atoms with van der Waals surface area (Å²) >= 11 is 0. The van der Waals surface area contributed by atoms with Crippen LogP contribution in [0.1, 0.15) is 46.0 Å². The third-order valence-electron chi connectivity index (χ3n) is 5.15. The third kappa shape index (κ3) is 8.71. The molecule has 0 aromatic heterocycles. The summed E-state index contributed by atoms with van der Waals surface area (Å²) in [5.74, 6) is 1.06. The van der Waals surface area contributed by atoms with Crippen molar-refractivity contribution in [1.82, 2.24) is 15.1 Å². The minimum absolute atomic E-state index is 0. The Kier molecular flexibility index (Phi) is 12.8. The number of nitrogens with zero attached hydrogens (tertiary/aromatic N) is 3. The van der Waals surface area contributed by atoms with E-state index >= 15 is 0 Å². The molecule has 0 bridgehead atoms. The molecule has 2 fully saturated rings. The van der Waals surface area contributed by atoms with Gasteiger partial charge in [-0.05, 0) is 52.6 Å². The molecule has 0 saturated carbocycles. The molecule has 2 rings (SSSR count). The van der Waals surface area contributed by atoms with Crippen LogP contribution in [0.2, 0.25) is 0 Å². The Hall–Kier alpha value is -0.120. The first-order valence-corrected chi connectivity index (χ1v) is 10.2. The van der Waals surface area contributed by atoms with Crippen LogP contribution in [0.25, 0.3) is 0 Å². The van der Waals surface area contributed by atoms with Gasteiger partial charge in [-0.25, -0.2) is 0 Å². The maximum Gasteiger partial charge on any atom is 0.193 e. The fourth-order valence-corrected chi connectivity index (χ4v) is 3.33.